The van der Waals surface area contributed by atoms with Gasteiger partial charge in [-0.05, 0) is 197 Å². The average molecular weight is 735 g/mol. The van der Waals surface area contributed by atoms with E-state index in [-0.39, 0.29) is 11.6 Å². The third kappa shape index (κ3) is 25.5. The van der Waals surface area contributed by atoms with Crippen LogP contribution in [0.2, 0.25) is 0 Å². The summed E-state index contributed by atoms with van der Waals surface area (Å²) < 4.78 is 0. The number of hydrogen-bond donors (Lipinski definition) is 0. The SMILES string of the molecule is CC(C)=CCCC(C)=CCCC(C)=CCCC(C)=CCCC(C)=CCCC(C)=CCCC(C)=CCCC(C)=CCCC(C)=CCC1=CC(=O)C(C)=CC1=O. The molecule has 2 heteroatoms. The molecule has 0 fully saturated rings. The maximum atomic E-state index is 12.1. The summed E-state index contributed by atoms with van der Waals surface area (Å²) in [6.45, 7) is 24.1. The summed E-state index contributed by atoms with van der Waals surface area (Å²) in [6.07, 6.45) is 42.9. The number of carbonyl (C=O) groups is 2. The van der Waals surface area contributed by atoms with Crippen molar-refractivity contribution in [3.8, 4) is 0 Å². The number of ketones is 2. The van der Waals surface area contributed by atoms with Crippen LogP contribution in [0.3, 0.4) is 0 Å². The van der Waals surface area contributed by atoms with E-state index in [1.807, 2.05) is 0 Å². The molecule has 1 aliphatic carbocycles. The zero-order valence-corrected chi connectivity index (χ0v) is 36.7. The second-order valence-corrected chi connectivity index (χ2v) is 16.4. The van der Waals surface area contributed by atoms with Crippen molar-refractivity contribution in [3.05, 3.63) is 128 Å². The average Bonchev–Trinajstić information content (AvgIpc) is 3.09. The molecule has 1 aliphatic rings. The largest absolute Gasteiger partial charge is 0.290 e. The molecule has 0 aliphatic heterocycles. The van der Waals surface area contributed by atoms with Gasteiger partial charge >= 0.3 is 0 Å². The topological polar surface area (TPSA) is 34.1 Å². The van der Waals surface area contributed by atoms with E-state index >= 15 is 0 Å². The second kappa shape index (κ2) is 28.9. The Hall–Kier alpha value is -3.52. The Labute approximate surface area is 333 Å². The fourth-order valence-electron chi connectivity index (χ4n) is 6.38. The van der Waals surface area contributed by atoms with E-state index in [1.54, 1.807) is 6.92 Å². The van der Waals surface area contributed by atoms with Crippen LogP contribution in [-0.4, -0.2) is 11.6 Å². The van der Waals surface area contributed by atoms with Gasteiger partial charge < -0.3 is 0 Å². The number of hydrogen-bond acceptors (Lipinski definition) is 2. The zero-order valence-electron chi connectivity index (χ0n) is 36.7. The van der Waals surface area contributed by atoms with E-state index < -0.39 is 0 Å². The Morgan fingerprint density at radius 2 is 0.630 bits per heavy atom. The maximum Gasteiger partial charge on any atom is 0.182 e. The molecule has 0 aromatic rings. The molecule has 0 radical (unpaired) electrons. The monoisotopic (exact) mass is 735 g/mol. The molecule has 0 aromatic carbocycles. The van der Waals surface area contributed by atoms with Gasteiger partial charge in [0.2, 0.25) is 0 Å². The highest BCUT2D eigenvalue weighted by atomic mass is 16.1. The van der Waals surface area contributed by atoms with Crippen molar-refractivity contribution in [2.75, 3.05) is 0 Å². The Balaban J connectivity index is 2.25. The highest BCUT2D eigenvalue weighted by molar-refractivity contribution is 6.19. The van der Waals surface area contributed by atoms with Crippen molar-refractivity contribution < 1.29 is 9.59 Å². The molecule has 0 bridgehead atoms. The summed E-state index contributed by atoms with van der Waals surface area (Å²) in [6, 6.07) is 0. The molecule has 0 atom stereocenters. The summed E-state index contributed by atoms with van der Waals surface area (Å²) in [7, 11) is 0. The van der Waals surface area contributed by atoms with E-state index in [0.29, 0.717) is 17.6 Å². The Bertz CT molecular complexity index is 1540. The molecule has 0 saturated heterocycles. The molecular formula is C52H78O2. The molecule has 0 amide bonds. The van der Waals surface area contributed by atoms with Crippen LogP contribution in [0.5, 0.6) is 0 Å². The second-order valence-electron chi connectivity index (χ2n) is 16.4. The fraction of sp³-hybridized carbons (Fsp3) is 0.538. The van der Waals surface area contributed by atoms with Gasteiger partial charge in [-0.25, -0.2) is 0 Å². The van der Waals surface area contributed by atoms with E-state index in [4.69, 9.17) is 0 Å². The molecule has 0 N–H and O–H groups in total. The van der Waals surface area contributed by atoms with Crippen LogP contribution in [0.25, 0.3) is 0 Å². The Morgan fingerprint density at radius 1 is 0.370 bits per heavy atom. The minimum atomic E-state index is -0.0515. The van der Waals surface area contributed by atoms with Crippen LogP contribution in [0.4, 0.5) is 0 Å². The van der Waals surface area contributed by atoms with Gasteiger partial charge in [0.05, 0.1) is 0 Å². The Kier molecular flexibility index (Phi) is 25.9. The van der Waals surface area contributed by atoms with Crippen LogP contribution in [0, 0.1) is 0 Å². The van der Waals surface area contributed by atoms with Crippen molar-refractivity contribution in [3.63, 3.8) is 0 Å². The molecule has 1 rings (SSSR count). The number of carbonyl (C=O) groups excluding carboxylic acids is 2. The molecule has 54 heavy (non-hydrogen) atoms. The first-order valence-electron chi connectivity index (χ1n) is 21.0. The quantitative estimate of drug-likeness (QED) is 0.0655. The van der Waals surface area contributed by atoms with Crippen molar-refractivity contribution >= 4 is 11.6 Å². The van der Waals surface area contributed by atoms with Crippen molar-refractivity contribution in [1.82, 2.24) is 0 Å². The summed E-state index contributed by atoms with van der Waals surface area (Å²) >= 11 is 0. The zero-order chi connectivity index (χ0) is 40.3. The minimum absolute atomic E-state index is 0.0370. The first-order valence-corrected chi connectivity index (χ1v) is 21.0. The number of allylic oxidation sites excluding steroid dienone is 22. The van der Waals surface area contributed by atoms with Crippen molar-refractivity contribution in [2.24, 2.45) is 0 Å². The predicted molar refractivity (Wildman–Crippen MR) is 240 cm³/mol. The van der Waals surface area contributed by atoms with Crippen LogP contribution < -0.4 is 0 Å². The molecule has 0 aromatic heterocycles. The van der Waals surface area contributed by atoms with Gasteiger partial charge in [-0.2, -0.15) is 0 Å². The molecular weight excluding hydrogens is 657 g/mol. The third-order valence-corrected chi connectivity index (χ3v) is 10.3. The summed E-state index contributed by atoms with van der Waals surface area (Å²) in [5.41, 5.74) is 14.3. The first-order chi connectivity index (χ1) is 25.7. The highest BCUT2D eigenvalue weighted by Crippen LogP contribution is 2.19. The van der Waals surface area contributed by atoms with Crippen LogP contribution in [0.15, 0.2) is 128 Å². The van der Waals surface area contributed by atoms with Crippen LogP contribution >= 0.6 is 0 Å². The van der Waals surface area contributed by atoms with E-state index in [2.05, 4.69) is 124 Å². The van der Waals surface area contributed by atoms with Crippen LogP contribution in [0.1, 0.15) is 185 Å². The minimum Gasteiger partial charge on any atom is -0.290 e. The lowest BCUT2D eigenvalue weighted by Gasteiger charge is -2.08. The lowest BCUT2D eigenvalue weighted by Crippen LogP contribution is -2.11. The molecule has 0 saturated carbocycles. The summed E-state index contributed by atoms with van der Waals surface area (Å²) in [4.78, 5) is 24.0. The summed E-state index contributed by atoms with van der Waals surface area (Å²) in [5, 5.41) is 0. The molecule has 0 spiro atoms. The van der Waals surface area contributed by atoms with Gasteiger partial charge in [-0.15, -0.1) is 0 Å². The summed E-state index contributed by atoms with van der Waals surface area (Å²) in [5.74, 6) is -0.0884. The van der Waals surface area contributed by atoms with Gasteiger partial charge in [0, 0.05) is 11.1 Å². The lowest BCUT2D eigenvalue weighted by molar-refractivity contribution is -0.115. The first kappa shape index (κ1) is 48.5. The van der Waals surface area contributed by atoms with Crippen LogP contribution in [-0.2, 0) is 9.59 Å². The standard InChI is InChI=1S/C52H78O2/c1-40(2)20-12-21-41(3)22-13-23-42(4)24-14-25-43(5)26-15-27-44(6)28-16-29-45(7)30-17-31-46(8)32-18-33-47(9)34-19-35-48(10)36-37-50-39-51(53)49(11)38-52(50)54/h20,22,24,26,28,30,32,34,36,38-39H,12-19,21,23,25,27,29,31,33,35,37H2,1-11H3. The fourth-order valence-corrected chi connectivity index (χ4v) is 6.38. The molecule has 0 unspecified atom stereocenters. The Morgan fingerprint density at radius 3 is 0.907 bits per heavy atom. The number of rotatable bonds is 26. The van der Waals surface area contributed by atoms with Gasteiger partial charge in [0.1, 0.15) is 0 Å². The van der Waals surface area contributed by atoms with E-state index in [0.717, 1.165) is 83.5 Å². The lowest BCUT2D eigenvalue weighted by atomic mass is 9.95. The molecule has 0 heterocycles. The van der Waals surface area contributed by atoms with Crippen molar-refractivity contribution in [2.45, 2.75) is 185 Å². The smallest absolute Gasteiger partial charge is 0.182 e. The normalized spacial score (nSPS) is 15.9. The van der Waals surface area contributed by atoms with Gasteiger partial charge in [0.15, 0.2) is 11.6 Å². The van der Waals surface area contributed by atoms with Gasteiger partial charge in [-0.1, -0.05) is 105 Å². The van der Waals surface area contributed by atoms with E-state index in [1.165, 1.54) is 81.6 Å². The van der Waals surface area contributed by atoms with Crippen molar-refractivity contribution in [1.29, 1.82) is 0 Å². The molecule has 298 valence electrons. The maximum absolute atomic E-state index is 12.1. The third-order valence-electron chi connectivity index (χ3n) is 10.3. The predicted octanol–water partition coefficient (Wildman–Crippen LogP) is 16.2. The van der Waals surface area contributed by atoms with Gasteiger partial charge in [-0.3, -0.25) is 9.59 Å². The van der Waals surface area contributed by atoms with E-state index in [9.17, 15) is 9.59 Å². The van der Waals surface area contributed by atoms with Gasteiger partial charge in [0.25, 0.3) is 0 Å². The highest BCUT2D eigenvalue weighted by Gasteiger charge is 2.16. The molecule has 2 nitrogen and oxygen atoms in total.